The number of aliphatic hydroxyl groups excluding tert-OH is 1. The van der Waals surface area contributed by atoms with Crippen molar-refractivity contribution in [2.45, 2.75) is 33.6 Å². The second-order valence-corrected chi connectivity index (χ2v) is 4.99. The molecule has 1 rings (SSSR count). The highest BCUT2D eigenvalue weighted by molar-refractivity contribution is 5.94. The first-order chi connectivity index (χ1) is 11.5. The number of hydrogen-bond donors (Lipinski definition) is 1. The highest BCUT2D eigenvalue weighted by Gasteiger charge is 2.21. The van der Waals surface area contributed by atoms with Gasteiger partial charge in [-0.1, -0.05) is 0 Å². The van der Waals surface area contributed by atoms with Gasteiger partial charge >= 0.3 is 11.9 Å². The Bertz CT molecular complexity index is 551. The molecule has 0 aliphatic carbocycles. The van der Waals surface area contributed by atoms with E-state index in [1.807, 2.05) is 0 Å². The summed E-state index contributed by atoms with van der Waals surface area (Å²) in [4.78, 5) is 33.9. The van der Waals surface area contributed by atoms with Gasteiger partial charge in [0.15, 0.2) is 0 Å². The van der Waals surface area contributed by atoms with Crippen molar-refractivity contribution >= 4 is 17.8 Å². The lowest BCUT2D eigenvalue weighted by atomic mass is 10.2. The molecule has 1 aromatic rings. The molecule has 0 aromatic carbocycles. The number of aliphatic hydroxyl groups is 1. The van der Waals surface area contributed by atoms with Gasteiger partial charge in [-0.3, -0.25) is 4.79 Å². The van der Waals surface area contributed by atoms with E-state index in [0.717, 1.165) is 0 Å². The first kappa shape index (κ1) is 19.8. The van der Waals surface area contributed by atoms with Crippen LogP contribution in [-0.4, -0.2) is 59.9 Å². The summed E-state index contributed by atoms with van der Waals surface area (Å²) in [7, 11) is 0. The third-order valence-corrected chi connectivity index (χ3v) is 3.16. The van der Waals surface area contributed by atoms with Gasteiger partial charge < -0.3 is 19.5 Å². The van der Waals surface area contributed by atoms with E-state index in [1.165, 1.54) is 6.20 Å². The number of ether oxygens (including phenoxy) is 2. The molecule has 0 unspecified atom stereocenters. The predicted molar refractivity (Wildman–Crippen MR) is 87.9 cm³/mol. The molecule has 0 aliphatic rings. The Morgan fingerprint density at radius 3 is 2.54 bits per heavy atom. The van der Waals surface area contributed by atoms with Gasteiger partial charge in [-0.15, -0.1) is 0 Å². The summed E-state index contributed by atoms with van der Waals surface area (Å²) in [6.07, 6.45) is 2.06. The smallest absolute Gasteiger partial charge is 0.343 e. The molecule has 0 amide bonds. The van der Waals surface area contributed by atoms with Crippen LogP contribution in [0.5, 0.6) is 0 Å². The molecule has 1 heterocycles. The quantitative estimate of drug-likeness (QED) is 0.632. The highest BCUT2D eigenvalue weighted by Crippen LogP contribution is 2.19. The minimum Gasteiger partial charge on any atom is -0.466 e. The molecule has 8 nitrogen and oxygen atoms in total. The molecule has 0 aliphatic heterocycles. The standard InChI is InChI=1S/C16H25N3O5/c1-4-23-14(21)7-9-19(8-6-10-20)15-13(16(22)24-5-2)11-17-12(3)18-15/h11,20H,4-10H2,1-3H3. The van der Waals surface area contributed by atoms with Crippen LogP contribution in [0.4, 0.5) is 5.82 Å². The minimum absolute atomic E-state index is 0.00525. The number of carbonyl (C=O) groups excluding carboxylic acids is 2. The number of nitrogens with zero attached hydrogens (tertiary/aromatic N) is 3. The highest BCUT2D eigenvalue weighted by atomic mass is 16.5. The monoisotopic (exact) mass is 339 g/mol. The van der Waals surface area contributed by atoms with Crippen molar-refractivity contribution in [2.24, 2.45) is 0 Å². The molecule has 0 spiro atoms. The van der Waals surface area contributed by atoms with Crippen molar-refractivity contribution in [3.8, 4) is 0 Å². The lowest BCUT2D eigenvalue weighted by Crippen LogP contribution is -2.31. The number of aromatic nitrogens is 2. The summed E-state index contributed by atoms with van der Waals surface area (Å²) in [6, 6.07) is 0. The Kier molecular flexibility index (Phi) is 8.70. The molecule has 1 N–H and O–H groups in total. The molecular weight excluding hydrogens is 314 g/mol. The van der Waals surface area contributed by atoms with Gasteiger partial charge in [0.05, 0.1) is 19.6 Å². The molecule has 0 saturated carbocycles. The van der Waals surface area contributed by atoms with Gasteiger partial charge in [0.2, 0.25) is 0 Å². The van der Waals surface area contributed by atoms with E-state index >= 15 is 0 Å². The van der Waals surface area contributed by atoms with Crippen LogP contribution in [0, 0.1) is 6.92 Å². The van der Waals surface area contributed by atoms with Crippen molar-refractivity contribution in [1.82, 2.24) is 9.97 Å². The molecule has 8 heteroatoms. The van der Waals surface area contributed by atoms with Crippen LogP contribution in [-0.2, 0) is 14.3 Å². The lowest BCUT2D eigenvalue weighted by molar-refractivity contribution is -0.142. The van der Waals surface area contributed by atoms with E-state index in [-0.39, 0.29) is 31.2 Å². The molecule has 0 saturated heterocycles. The number of hydrogen-bond acceptors (Lipinski definition) is 8. The molecular formula is C16H25N3O5. The minimum atomic E-state index is -0.516. The largest absolute Gasteiger partial charge is 0.466 e. The van der Waals surface area contributed by atoms with E-state index in [1.54, 1.807) is 25.7 Å². The van der Waals surface area contributed by atoms with Gasteiger partial charge in [0.1, 0.15) is 17.2 Å². The molecule has 0 atom stereocenters. The average Bonchev–Trinajstić information content (AvgIpc) is 2.55. The van der Waals surface area contributed by atoms with Gasteiger partial charge in [0, 0.05) is 25.9 Å². The fraction of sp³-hybridized carbons (Fsp3) is 0.625. The van der Waals surface area contributed by atoms with Gasteiger partial charge in [-0.25, -0.2) is 14.8 Å². The Labute approximate surface area is 141 Å². The maximum absolute atomic E-state index is 12.1. The molecule has 1 aromatic heterocycles. The maximum atomic E-state index is 12.1. The van der Waals surface area contributed by atoms with Crippen LogP contribution in [0.1, 0.15) is 42.9 Å². The first-order valence-corrected chi connectivity index (χ1v) is 8.05. The predicted octanol–water partition coefficient (Wildman–Crippen LogP) is 1.10. The first-order valence-electron chi connectivity index (χ1n) is 8.05. The SMILES string of the molecule is CCOC(=O)CCN(CCCO)c1nc(C)ncc1C(=O)OCC. The zero-order valence-electron chi connectivity index (χ0n) is 14.4. The third-order valence-electron chi connectivity index (χ3n) is 3.16. The normalized spacial score (nSPS) is 10.3. The van der Waals surface area contributed by atoms with Gasteiger partial charge in [-0.05, 0) is 27.2 Å². The van der Waals surface area contributed by atoms with E-state index in [9.17, 15) is 9.59 Å². The average molecular weight is 339 g/mol. The van der Waals surface area contributed by atoms with Crippen LogP contribution in [0.15, 0.2) is 6.20 Å². The second kappa shape index (κ2) is 10.5. The van der Waals surface area contributed by atoms with Crippen LogP contribution < -0.4 is 4.90 Å². The summed E-state index contributed by atoms with van der Waals surface area (Å²) >= 11 is 0. The molecule has 0 radical (unpaired) electrons. The number of rotatable bonds is 10. The molecule has 0 fully saturated rings. The molecule has 134 valence electrons. The second-order valence-electron chi connectivity index (χ2n) is 4.99. The Balaban J connectivity index is 3.04. The topological polar surface area (TPSA) is 102 Å². The summed E-state index contributed by atoms with van der Waals surface area (Å²) in [5, 5.41) is 9.10. The van der Waals surface area contributed by atoms with E-state index in [2.05, 4.69) is 9.97 Å². The molecule has 24 heavy (non-hydrogen) atoms. The number of esters is 2. The Morgan fingerprint density at radius 1 is 1.21 bits per heavy atom. The summed E-state index contributed by atoms with van der Waals surface area (Å²) < 4.78 is 9.97. The fourth-order valence-electron chi connectivity index (χ4n) is 2.10. The van der Waals surface area contributed by atoms with Crippen molar-refractivity contribution in [1.29, 1.82) is 0 Å². The van der Waals surface area contributed by atoms with Gasteiger partial charge in [-0.2, -0.15) is 0 Å². The van der Waals surface area contributed by atoms with Crippen molar-refractivity contribution in [2.75, 3.05) is 37.8 Å². The zero-order valence-corrected chi connectivity index (χ0v) is 14.4. The summed E-state index contributed by atoms with van der Waals surface area (Å²) in [6.45, 7) is 6.50. The van der Waals surface area contributed by atoms with Gasteiger partial charge in [0.25, 0.3) is 0 Å². The third kappa shape index (κ3) is 6.11. The van der Waals surface area contributed by atoms with Crippen molar-refractivity contribution in [3.05, 3.63) is 17.6 Å². The summed E-state index contributed by atoms with van der Waals surface area (Å²) in [5.41, 5.74) is 0.240. The summed E-state index contributed by atoms with van der Waals surface area (Å²) in [5.74, 6) is 0.0643. The fourth-order valence-corrected chi connectivity index (χ4v) is 2.10. The maximum Gasteiger partial charge on any atom is 0.343 e. The molecule has 0 bridgehead atoms. The lowest BCUT2D eigenvalue weighted by Gasteiger charge is -2.25. The van der Waals surface area contributed by atoms with Crippen LogP contribution >= 0.6 is 0 Å². The van der Waals surface area contributed by atoms with E-state index < -0.39 is 5.97 Å². The number of anilines is 1. The van der Waals surface area contributed by atoms with E-state index in [4.69, 9.17) is 14.6 Å². The van der Waals surface area contributed by atoms with Crippen LogP contribution in [0.25, 0.3) is 0 Å². The van der Waals surface area contributed by atoms with Crippen LogP contribution in [0.3, 0.4) is 0 Å². The van der Waals surface area contributed by atoms with E-state index in [0.29, 0.717) is 37.8 Å². The van der Waals surface area contributed by atoms with Crippen molar-refractivity contribution < 1.29 is 24.2 Å². The Morgan fingerprint density at radius 2 is 1.92 bits per heavy atom. The van der Waals surface area contributed by atoms with Crippen molar-refractivity contribution in [3.63, 3.8) is 0 Å². The number of carbonyl (C=O) groups is 2. The number of aryl methyl sites for hydroxylation is 1. The zero-order chi connectivity index (χ0) is 17.9. The van der Waals surface area contributed by atoms with Crippen LogP contribution in [0.2, 0.25) is 0 Å². The Hall–Kier alpha value is -2.22.